The third-order valence-electron chi connectivity index (χ3n) is 3.81. The van der Waals surface area contributed by atoms with Crippen molar-refractivity contribution in [2.75, 3.05) is 32.8 Å². The molecule has 0 aromatic heterocycles. The van der Waals surface area contributed by atoms with E-state index < -0.39 is 10.0 Å². The minimum Gasteiger partial charge on any atom is -0.378 e. The lowest BCUT2D eigenvalue weighted by Gasteiger charge is -2.26. The molecule has 1 aliphatic rings. The SMILES string of the molecule is CC(C)(C)c1ccc(S(=O)(=O)NCC(=O)N2CCOCC2)cc1. The molecule has 0 saturated carbocycles. The number of carbonyl (C=O) groups is 1. The van der Waals surface area contributed by atoms with Gasteiger partial charge in [-0.25, -0.2) is 13.1 Å². The van der Waals surface area contributed by atoms with E-state index in [4.69, 9.17) is 4.74 Å². The van der Waals surface area contributed by atoms with Crippen molar-refractivity contribution in [3.05, 3.63) is 29.8 Å². The van der Waals surface area contributed by atoms with E-state index in [1.807, 2.05) is 0 Å². The molecule has 0 aliphatic carbocycles. The van der Waals surface area contributed by atoms with E-state index >= 15 is 0 Å². The van der Waals surface area contributed by atoms with Crippen molar-refractivity contribution in [1.29, 1.82) is 0 Å². The predicted molar refractivity (Wildman–Crippen MR) is 87.7 cm³/mol. The number of morpholine rings is 1. The number of sulfonamides is 1. The Labute approximate surface area is 137 Å². The number of nitrogens with zero attached hydrogens (tertiary/aromatic N) is 1. The van der Waals surface area contributed by atoms with E-state index in [1.54, 1.807) is 29.2 Å². The van der Waals surface area contributed by atoms with Crippen molar-refractivity contribution in [2.24, 2.45) is 0 Å². The molecule has 1 fully saturated rings. The summed E-state index contributed by atoms with van der Waals surface area (Å²) in [6.45, 7) is 7.95. The van der Waals surface area contributed by atoms with E-state index in [2.05, 4.69) is 25.5 Å². The van der Waals surface area contributed by atoms with Crippen LogP contribution in [0.15, 0.2) is 29.2 Å². The van der Waals surface area contributed by atoms with Crippen molar-refractivity contribution in [2.45, 2.75) is 31.1 Å². The topological polar surface area (TPSA) is 75.7 Å². The molecule has 1 saturated heterocycles. The lowest BCUT2D eigenvalue weighted by atomic mass is 9.87. The Bertz CT molecular complexity index is 642. The predicted octanol–water partition coefficient (Wildman–Crippen LogP) is 1.12. The van der Waals surface area contributed by atoms with Crippen molar-refractivity contribution in [3.8, 4) is 0 Å². The number of carbonyl (C=O) groups excluding carboxylic acids is 1. The molecule has 2 rings (SSSR count). The minimum absolute atomic E-state index is 0.0397. The van der Waals surface area contributed by atoms with Crippen LogP contribution in [0.25, 0.3) is 0 Å². The zero-order valence-corrected chi connectivity index (χ0v) is 14.6. The van der Waals surface area contributed by atoms with Crippen LogP contribution in [0.5, 0.6) is 0 Å². The first-order chi connectivity index (χ1) is 10.7. The maximum Gasteiger partial charge on any atom is 0.241 e. The lowest BCUT2D eigenvalue weighted by Crippen LogP contribution is -2.45. The van der Waals surface area contributed by atoms with Gasteiger partial charge in [0, 0.05) is 13.1 Å². The number of nitrogens with one attached hydrogen (secondary N) is 1. The molecule has 128 valence electrons. The van der Waals surface area contributed by atoms with Crippen LogP contribution in [0, 0.1) is 0 Å². The quantitative estimate of drug-likeness (QED) is 0.891. The third kappa shape index (κ3) is 4.76. The molecule has 0 radical (unpaired) electrons. The molecule has 7 heteroatoms. The summed E-state index contributed by atoms with van der Waals surface area (Å²) in [7, 11) is -3.69. The number of hydrogen-bond acceptors (Lipinski definition) is 4. The largest absolute Gasteiger partial charge is 0.378 e. The molecule has 0 bridgehead atoms. The van der Waals surface area contributed by atoms with Gasteiger partial charge in [0.25, 0.3) is 0 Å². The van der Waals surface area contributed by atoms with Crippen molar-refractivity contribution >= 4 is 15.9 Å². The molecule has 23 heavy (non-hydrogen) atoms. The Kier molecular flexibility index (Phi) is 5.44. The maximum absolute atomic E-state index is 12.3. The summed E-state index contributed by atoms with van der Waals surface area (Å²) in [5.41, 5.74) is 1.02. The molecule has 0 spiro atoms. The van der Waals surface area contributed by atoms with Gasteiger partial charge in [-0.3, -0.25) is 4.79 Å². The lowest BCUT2D eigenvalue weighted by molar-refractivity contribution is -0.133. The summed E-state index contributed by atoms with van der Waals surface area (Å²) in [5, 5.41) is 0. The highest BCUT2D eigenvalue weighted by Gasteiger charge is 2.21. The highest BCUT2D eigenvalue weighted by molar-refractivity contribution is 7.89. The first-order valence-electron chi connectivity index (χ1n) is 7.66. The Balaban J connectivity index is 1.99. The monoisotopic (exact) mass is 340 g/mol. The van der Waals surface area contributed by atoms with Gasteiger partial charge >= 0.3 is 0 Å². The highest BCUT2D eigenvalue weighted by Crippen LogP contribution is 2.23. The number of ether oxygens (including phenoxy) is 1. The molecule has 1 aromatic rings. The zero-order valence-electron chi connectivity index (χ0n) is 13.8. The van der Waals surface area contributed by atoms with Crippen LogP contribution in [-0.4, -0.2) is 52.1 Å². The molecule has 0 atom stereocenters. The molecule has 1 aromatic carbocycles. The summed E-state index contributed by atoms with van der Waals surface area (Å²) in [6, 6.07) is 6.75. The number of hydrogen-bond donors (Lipinski definition) is 1. The Morgan fingerprint density at radius 2 is 1.74 bits per heavy atom. The van der Waals surface area contributed by atoms with Gasteiger partial charge in [0.15, 0.2) is 0 Å². The second-order valence-corrected chi connectivity index (χ2v) is 8.36. The van der Waals surface area contributed by atoms with Gasteiger partial charge in [0.05, 0.1) is 24.7 Å². The van der Waals surface area contributed by atoms with Crippen LogP contribution >= 0.6 is 0 Å². The summed E-state index contributed by atoms with van der Waals surface area (Å²) >= 11 is 0. The van der Waals surface area contributed by atoms with Crippen LogP contribution < -0.4 is 4.72 Å². The van der Waals surface area contributed by atoms with E-state index in [-0.39, 0.29) is 22.8 Å². The van der Waals surface area contributed by atoms with Crippen LogP contribution in [0.1, 0.15) is 26.3 Å². The van der Waals surface area contributed by atoms with Gasteiger partial charge in [0.1, 0.15) is 0 Å². The summed E-state index contributed by atoms with van der Waals surface area (Å²) < 4.78 is 32.1. The summed E-state index contributed by atoms with van der Waals surface area (Å²) in [4.78, 5) is 13.8. The van der Waals surface area contributed by atoms with E-state index in [0.29, 0.717) is 26.3 Å². The molecule has 0 unspecified atom stereocenters. The molecular formula is C16H24N2O4S. The fraction of sp³-hybridized carbons (Fsp3) is 0.562. The molecule has 1 aliphatic heterocycles. The number of rotatable bonds is 4. The van der Waals surface area contributed by atoms with Crippen LogP contribution in [0.4, 0.5) is 0 Å². The second-order valence-electron chi connectivity index (χ2n) is 6.59. The van der Waals surface area contributed by atoms with Crippen molar-refractivity contribution in [3.63, 3.8) is 0 Å². The Morgan fingerprint density at radius 3 is 2.26 bits per heavy atom. The zero-order chi connectivity index (χ0) is 17.1. The van der Waals surface area contributed by atoms with Gasteiger partial charge in [-0.2, -0.15) is 0 Å². The van der Waals surface area contributed by atoms with Gasteiger partial charge in [-0.1, -0.05) is 32.9 Å². The number of amides is 1. The maximum atomic E-state index is 12.3. The first kappa shape index (κ1) is 17.9. The fourth-order valence-electron chi connectivity index (χ4n) is 2.30. The highest BCUT2D eigenvalue weighted by atomic mass is 32.2. The van der Waals surface area contributed by atoms with Crippen molar-refractivity contribution in [1.82, 2.24) is 9.62 Å². The van der Waals surface area contributed by atoms with E-state index in [0.717, 1.165) is 5.56 Å². The minimum atomic E-state index is -3.69. The Morgan fingerprint density at radius 1 is 1.17 bits per heavy atom. The fourth-order valence-corrected chi connectivity index (χ4v) is 3.27. The van der Waals surface area contributed by atoms with E-state index in [1.165, 1.54) is 0 Å². The van der Waals surface area contributed by atoms with Gasteiger partial charge in [0.2, 0.25) is 15.9 Å². The van der Waals surface area contributed by atoms with Crippen LogP contribution in [0.3, 0.4) is 0 Å². The average molecular weight is 340 g/mol. The summed E-state index contributed by atoms with van der Waals surface area (Å²) in [6.07, 6.45) is 0. The molecule has 1 amide bonds. The van der Waals surface area contributed by atoms with Crippen LogP contribution in [0.2, 0.25) is 0 Å². The number of benzene rings is 1. The van der Waals surface area contributed by atoms with Crippen molar-refractivity contribution < 1.29 is 17.9 Å². The standard InChI is InChI=1S/C16H24N2O4S/c1-16(2,3)13-4-6-14(7-5-13)23(20,21)17-12-15(19)18-8-10-22-11-9-18/h4-7,17H,8-12H2,1-3H3. The van der Waals surface area contributed by atoms with E-state index in [9.17, 15) is 13.2 Å². The Hall–Kier alpha value is -1.44. The first-order valence-corrected chi connectivity index (χ1v) is 9.14. The smallest absolute Gasteiger partial charge is 0.241 e. The summed E-state index contributed by atoms with van der Waals surface area (Å²) in [5.74, 6) is -0.233. The van der Waals surface area contributed by atoms with Crippen LogP contribution in [-0.2, 0) is 25.0 Å². The molecular weight excluding hydrogens is 316 g/mol. The third-order valence-corrected chi connectivity index (χ3v) is 5.22. The molecule has 1 heterocycles. The molecule has 6 nitrogen and oxygen atoms in total. The normalized spacial score (nSPS) is 16.4. The average Bonchev–Trinajstić information content (AvgIpc) is 2.53. The van der Waals surface area contributed by atoms with Gasteiger partial charge in [-0.15, -0.1) is 0 Å². The van der Waals surface area contributed by atoms with Gasteiger partial charge in [-0.05, 0) is 23.1 Å². The van der Waals surface area contributed by atoms with Gasteiger partial charge < -0.3 is 9.64 Å². The molecule has 1 N–H and O–H groups in total. The second kappa shape index (κ2) is 6.98.